The molecule has 29 heavy (non-hydrogen) atoms. The highest BCUT2D eigenvalue weighted by Crippen LogP contribution is 2.33. The van der Waals surface area contributed by atoms with E-state index in [4.69, 9.17) is 0 Å². The quantitative estimate of drug-likeness (QED) is 0.262. The van der Waals surface area contributed by atoms with Crippen LogP contribution in [0, 0.1) is 27.5 Å². The number of rotatable bonds is 7. The molecule has 1 amide bonds. The van der Waals surface area contributed by atoms with E-state index in [0.717, 1.165) is 19.7 Å². The Morgan fingerprint density at radius 1 is 1.21 bits per heavy atom. The van der Waals surface area contributed by atoms with Gasteiger partial charge >= 0.3 is 0 Å². The zero-order valence-electron chi connectivity index (χ0n) is 15.9. The van der Waals surface area contributed by atoms with E-state index in [1.165, 1.54) is 23.9 Å². The topological polar surface area (TPSA) is 90.1 Å². The van der Waals surface area contributed by atoms with Gasteiger partial charge in [0.05, 0.1) is 14.2 Å². The fourth-order valence-corrected chi connectivity index (χ4v) is 3.95. The van der Waals surface area contributed by atoms with Crippen LogP contribution in [0.15, 0.2) is 58.5 Å². The lowest BCUT2D eigenvalue weighted by Crippen LogP contribution is -2.15. The van der Waals surface area contributed by atoms with Gasteiger partial charge in [-0.2, -0.15) is 5.10 Å². The van der Waals surface area contributed by atoms with E-state index in [2.05, 4.69) is 33.0 Å². The van der Waals surface area contributed by atoms with Crippen LogP contribution in [-0.2, 0) is 11.3 Å². The molecule has 7 nitrogen and oxygen atoms in total. The number of halogens is 1. The summed E-state index contributed by atoms with van der Waals surface area (Å²) in [7, 11) is 0. The number of nitrogens with one attached hydrogen (secondary N) is 1. The van der Waals surface area contributed by atoms with Gasteiger partial charge in [0.2, 0.25) is 5.91 Å². The lowest BCUT2D eigenvalue weighted by atomic mass is 10.2. The van der Waals surface area contributed by atoms with Crippen molar-refractivity contribution in [2.24, 2.45) is 0 Å². The SMILES string of the molecule is Cc1ccc(Sc2cc(NC(=O)CCn3cc(I)c(C)n3)cc([N+](=O)[O-])c2)cc1. The predicted octanol–water partition coefficient (Wildman–Crippen LogP) is 5.19. The number of hydrogen-bond acceptors (Lipinski definition) is 5. The van der Waals surface area contributed by atoms with E-state index in [9.17, 15) is 14.9 Å². The van der Waals surface area contributed by atoms with Crippen molar-refractivity contribution in [1.82, 2.24) is 9.78 Å². The molecule has 3 rings (SSSR count). The summed E-state index contributed by atoms with van der Waals surface area (Å²) < 4.78 is 2.77. The number of anilines is 1. The first-order valence-electron chi connectivity index (χ1n) is 8.83. The van der Waals surface area contributed by atoms with Crippen molar-refractivity contribution < 1.29 is 9.72 Å². The average Bonchev–Trinajstić information content (AvgIpc) is 2.99. The summed E-state index contributed by atoms with van der Waals surface area (Å²) in [5.74, 6) is -0.222. The zero-order chi connectivity index (χ0) is 21.0. The number of carbonyl (C=O) groups excluding carboxylic acids is 1. The Hall–Kier alpha value is -2.40. The third-order valence-corrected chi connectivity index (χ3v) is 6.14. The number of benzene rings is 2. The molecule has 0 radical (unpaired) electrons. The third-order valence-electron chi connectivity index (χ3n) is 4.10. The van der Waals surface area contributed by atoms with E-state index in [0.29, 0.717) is 17.1 Å². The van der Waals surface area contributed by atoms with Crippen LogP contribution in [0.1, 0.15) is 17.7 Å². The normalized spacial score (nSPS) is 10.7. The first kappa shape index (κ1) is 21.3. The second kappa shape index (κ2) is 9.40. The highest BCUT2D eigenvalue weighted by Gasteiger charge is 2.13. The lowest BCUT2D eigenvalue weighted by Gasteiger charge is -2.08. The maximum atomic E-state index is 12.3. The van der Waals surface area contributed by atoms with Crippen LogP contribution in [0.3, 0.4) is 0 Å². The molecule has 1 aromatic heterocycles. The van der Waals surface area contributed by atoms with E-state index in [1.54, 1.807) is 10.7 Å². The van der Waals surface area contributed by atoms with Gasteiger partial charge in [0.1, 0.15) is 0 Å². The molecule has 1 N–H and O–H groups in total. The van der Waals surface area contributed by atoms with Crippen molar-refractivity contribution in [2.75, 3.05) is 5.32 Å². The maximum absolute atomic E-state index is 12.3. The second-order valence-electron chi connectivity index (χ2n) is 6.51. The number of nitro groups is 1. The Kier molecular flexibility index (Phi) is 6.91. The Labute approximate surface area is 186 Å². The number of aryl methyl sites for hydroxylation is 3. The maximum Gasteiger partial charge on any atom is 0.272 e. The summed E-state index contributed by atoms with van der Waals surface area (Å²) in [6.45, 7) is 4.35. The molecule has 0 aliphatic heterocycles. The molecule has 0 unspecified atom stereocenters. The minimum atomic E-state index is -0.455. The Morgan fingerprint density at radius 3 is 2.55 bits per heavy atom. The average molecular weight is 522 g/mol. The van der Waals surface area contributed by atoms with Gasteiger partial charge in [0.25, 0.3) is 5.69 Å². The molecular formula is C20H19IN4O3S. The molecule has 0 bridgehead atoms. The molecule has 9 heteroatoms. The number of nitro benzene ring substituents is 1. The van der Waals surface area contributed by atoms with Crippen molar-refractivity contribution in [3.8, 4) is 0 Å². The summed E-state index contributed by atoms with van der Waals surface area (Å²) in [5.41, 5.74) is 2.41. The van der Waals surface area contributed by atoms with Crippen molar-refractivity contribution in [1.29, 1.82) is 0 Å². The third kappa shape index (κ3) is 6.04. The van der Waals surface area contributed by atoms with Gasteiger partial charge in [0, 0.05) is 46.8 Å². The van der Waals surface area contributed by atoms with Gasteiger partial charge in [0.15, 0.2) is 0 Å². The molecule has 3 aromatic rings. The van der Waals surface area contributed by atoms with Crippen LogP contribution < -0.4 is 5.32 Å². The number of carbonyl (C=O) groups is 1. The highest BCUT2D eigenvalue weighted by molar-refractivity contribution is 14.1. The number of hydrogen-bond donors (Lipinski definition) is 1. The van der Waals surface area contributed by atoms with Gasteiger partial charge in [-0.15, -0.1) is 0 Å². The van der Waals surface area contributed by atoms with E-state index >= 15 is 0 Å². The number of non-ortho nitro benzene ring substituents is 1. The Morgan fingerprint density at radius 2 is 1.93 bits per heavy atom. The molecular weight excluding hydrogens is 503 g/mol. The van der Waals surface area contributed by atoms with Crippen LogP contribution in [0.2, 0.25) is 0 Å². The monoisotopic (exact) mass is 522 g/mol. The molecule has 0 spiro atoms. The van der Waals surface area contributed by atoms with Crippen LogP contribution in [0.4, 0.5) is 11.4 Å². The molecule has 0 aliphatic rings. The van der Waals surface area contributed by atoms with Crippen molar-refractivity contribution in [3.63, 3.8) is 0 Å². The molecule has 1 heterocycles. The fraction of sp³-hybridized carbons (Fsp3) is 0.200. The lowest BCUT2D eigenvalue weighted by molar-refractivity contribution is -0.385. The number of nitrogens with zero attached hydrogens (tertiary/aromatic N) is 3. The molecule has 0 aliphatic carbocycles. The van der Waals surface area contributed by atoms with Crippen molar-refractivity contribution in [3.05, 3.63) is 73.6 Å². The van der Waals surface area contributed by atoms with E-state index in [1.807, 2.05) is 44.3 Å². The Balaban J connectivity index is 1.71. The Bertz CT molecular complexity index is 1030. The fourth-order valence-electron chi connectivity index (χ4n) is 2.61. The van der Waals surface area contributed by atoms with Gasteiger partial charge in [-0.1, -0.05) is 29.5 Å². The predicted molar refractivity (Wildman–Crippen MR) is 121 cm³/mol. The highest BCUT2D eigenvalue weighted by atomic mass is 127. The molecule has 0 fully saturated rings. The number of aromatic nitrogens is 2. The minimum Gasteiger partial charge on any atom is -0.326 e. The summed E-state index contributed by atoms with van der Waals surface area (Å²) >= 11 is 3.61. The van der Waals surface area contributed by atoms with Crippen LogP contribution in [0.25, 0.3) is 0 Å². The molecule has 150 valence electrons. The molecule has 0 saturated heterocycles. The molecule has 0 atom stereocenters. The van der Waals surface area contributed by atoms with Crippen LogP contribution in [0.5, 0.6) is 0 Å². The summed E-state index contributed by atoms with van der Waals surface area (Å²) in [5, 5.41) is 18.4. The van der Waals surface area contributed by atoms with Gasteiger partial charge in [-0.05, 0) is 54.6 Å². The molecule has 2 aromatic carbocycles. The van der Waals surface area contributed by atoms with Crippen LogP contribution >= 0.6 is 34.4 Å². The van der Waals surface area contributed by atoms with Crippen molar-refractivity contribution in [2.45, 2.75) is 36.6 Å². The first-order chi connectivity index (χ1) is 13.8. The molecule has 0 saturated carbocycles. The van der Waals surface area contributed by atoms with Gasteiger partial charge in [-0.3, -0.25) is 19.6 Å². The summed E-state index contributed by atoms with van der Waals surface area (Å²) in [6.07, 6.45) is 2.10. The van der Waals surface area contributed by atoms with E-state index in [-0.39, 0.29) is 18.0 Å². The van der Waals surface area contributed by atoms with Crippen molar-refractivity contribution >= 4 is 51.6 Å². The summed E-state index contributed by atoms with van der Waals surface area (Å²) in [4.78, 5) is 24.8. The first-order valence-corrected chi connectivity index (χ1v) is 10.7. The zero-order valence-corrected chi connectivity index (χ0v) is 18.9. The van der Waals surface area contributed by atoms with Crippen LogP contribution in [-0.4, -0.2) is 20.6 Å². The smallest absolute Gasteiger partial charge is 0.272 e. The second-order valence-corrected chi connectivity index (χ2v) is 8.82. The van der Waals surface area contributed by atoms with E-state index < -0.39 is 4.92 Å². The summed E-state index contributed by atoms with van der Waals surface area (Å²) in [6, 6.07) is 12.5. The minimum absolute atomic E-state index is 0.0605. The standard InChI is InChI=1S/C20H19IN4O3S/c1-13-3-5-17(6-4-13)29-18-10-15(9-16(11-18)25(27)28)22-20(26)7-8-24-12-19(21)14(2)23-24/h3-6,9-12H,7-8H2,1-2H3,(H,22,26). The number of amides is 1. The largest absolute Gasteiger partial charge is 0.326 e. The van der Waals surface area contributed by atoms with Gasteiger partial charge < -0.3 is 5.32 Å². The van der Waals surface area contributed by atoms with Gasteiger partial charge in [-0.25, -0.2) is 0 Å².